The van der Waals surface area contributed by atoms with Gasteiger partial charge in [0.2, 0.25) is 5.82 Å². The molecule has 1 atom stereocenters. The highest BCUT2D eigenvalue weighted by molar-refractivity contribution is 5.61. The number of nitro benzene ring substituents is 1. The van der Waals surface area contributed by atoms with E-state index in [-0.39, 0.29) is 18.8 Å². The van der Waals surface area contributed by atoms with Crippen molar-refractivity contribution in [2.75, 3.05) is 25.6 Å². The fourth-order valence-electron chi connectivity index (χ4n) is 1.32. The summed E-state index contributed by atoms with van der Waals surface area (Å²) in [5, 5.41) is 22.6. The molecule has 0 aliphatic carbocycles. The summed E-state index contributed by atoms with van der Waals surface area (Å²) in [5.41, 5.74) is -0.595. The number of hydrogen-bond acceptors (Lipinski definition) is 5. The van der Waals surface area contributed by atoms with Crippen LogP contribution in [0, 0.1) is 15.9 Å². The Morgan fingerprint density at radius 2 is 2.35 bits per heavy atom. The van der Waals surface area contributed by atoms with E-state index in [1.165, 1.54) is 19.2 Å². The second kappa shape index (κ2) is 6.12. The lowest BCUT2D eigenvalue weighted by Crippen LogP contribution is -2.24. The number of aliphatic hydroxyl groups is 1. The van der Waals surface area contributed by atoms with Gasteiger partial charge in [0, 0.05) is 13.7 Å². The number of methoxy groups -OCH3 is 1. The van der Waals surface area contributed by atoms with Crippen molar-refractivity contribution in [3.05, 3.63) is 34.1 Å². The van der Waals surface area contributed by atoms with Crippen molar-refractivity contribution in [2.45, 2.75) is 6.10 Å². The monoisotopic (exact) mass is 244 g/mol. The predicted octanol–water partition coefficient (Wildman–Crippen LogP) is 1.15. The van der Waals surface area contributed by atoms with Crippen LogP contribution in [-0.4, -0.2) is 36.4 Å². The smallest absolute Gasteiger partial charge is 0.327 e. The predicted molar refractivity (Wildman–Crippen MR) is 59.4 cm³/mol. The molecule has 1 aromatic carbocycles. The summed E-state index contributed by atoms with van der Waals surface area (Å²) in [4.78, 5) is 9.85. The molecule has 0 aliphatic rings. The highest BCUT2D eigenvalue weighted by Crippen LogP contribution is 2.26. The fourth-order valence-corrected chi connectivity index (χ4v) is 1.32. The van der Waals surface area contributed by atoms with Crippen LogP contribution in [0.4, 0.5) is 15.8 Å². The first-order valence-corrected chi connectivity index (χ1v) is 4.90. The molecule has 0 fully saturated rings. The van der Waals surface area contributed by atoms with Gasteiger partial charge in [0.25, 0.3) is 0 Å². The largest absolute Gasteiger partial charge is 0.389 e. The van der Waals surface area contributed by atoms with Gasteiger partial charge in [-0.25, -0.2) is 0 Å². The van der Waals surface area contributed by atoms with Gasteiger partial charge in [0.05, 0.1) is 17.6 Å². The van der Waals surface area contributed by atoms with Gasteiger partial charge in [0.15, 0.2) is 0 Å². The Bertz CT molecular complexity index is 400. The van der Waals surface area contributed by atoms with E-state index in [4.69, 9.17) is 4.74 Å². The number of nitrogens with one attached hydrogen (secondary N) is 1. The first-order chi connectivity index (χ1) is 8.06. The van der Waals surface area contributed by atoms with Crippen molar-refractivity contribution in [1.82, 2.24) is 0 Å². The lowest BCUT2D eigenvalue weighted by Gasteiger charge is -2.11. The van der Waals surface area contributed by atoms with Crippen molar-refractivity contribution in [3.63, 3.8) is 0 Å². The molecular formula is C10H13FN2O4. The van der Waals surface area contributed by atoms with E-state index < -0.39 is 22.5 Å². The maximum atomic E-state index is 13.2. The molecule has 0 aromatic heterocycles. The van der Waals surface area contributed by atoms with Crippen LogP contribution in [0.2, 0.25) is 0 Å². The van der Waals surface area contributed by atoms with E-state index in [2.05, 4.69) is 5.32 Å². The van der Waals surface area contributed by atoms with Crippen LogP contribution in [0.1, 0.15) is 0 Å². The van der Waals surface area contributed by atoms with Gasteiger partial charge in [-0.1, -0.05) is 6.07 Å². The average Bonchev–Trinajstić information content (AvgIpc) is 2.26. The first-order valence-electron chi connectivity index (χ1n) is 4.90. The summed E-state index contributed by atoms with van der Waals surface area (Å²) >= 11 is 0. The molecule has 1 unspecified atom stereocenters. The van der Waals surface area contributed by atoms with E-state index in [1.807, 2.05) is 0 Å². The van der Waals surface area contributed by atoms with Crippen LogP contribution in [0.5, 0.6) is 0 Å². The zero-order valence-electron chi connectivity index (χ0n) is 9.22. The number of rotatable bonds is 6. The number of nitrogens with zero attached hydrogens (tertiary/aromatic N) is 1. The molecule has 0 spiro atoms. The summed E-state index contributed by atoms with van der Waals surface area (Å²) in [5.74, 6) is -0.916. The molecule has 0 bridgehead atoms. The summed E-state index contributed by atoms with van der Waals surface area (Å²) in [6.45, 7) is 0.133. The van der Waals surface area contributed by atoms with E-state index in [0.29, 0.717) is 0 Å². The lowest BCUT2D eigenvalue weighted by molar-refractivity contribution is -0.386. The zero-order valence-corrected chi connectivity index (χ0v) is 9.22. The second-order valence-electron chi connectivity index (χ2n) is 3.38. The van der Waals surface area contributed by atoms with Gasteiger partial charge in [0.1, 0.15) is 5.69 Å². The van der Waals surface area contributed by atoms with Crippen LogP contribution >= 0.6 is 0 Å². The van der Waals surface area contributed by atoms with E-state index in [0.717, 1.165) is 6.07 Å². The molecule has 7 heteroatoms. The minimum absolute atomic E-state index is 0.0325. The summed E-state index contributed by atoms with van der Waals surface area (Å²) < 4.78 is 17.9. The molecule has 0 aliphatic heterocycles. The number of hydrogen-bond donors (Lipinski definition) is 2. The maximum Gasteiger partial charge on any atom is 0.327 e. The molecule has 17 heavy (non-hydrogen) atoms. The Morgan fingerprint density at radius 1 is 1.65 bits per heavy atom. The third kappa shape index (κ3) is 3.65. The summed E-state index contributed by atoms with van der Waals surface area (Å²) in [7, 11) is 1.42. The molecule has 94 valence electrons. The number of halogens is 1. The Labute approximate surface area is 97.2 Å². The molecule has 0 amide bonds. The molecule has 0 heterocycles. The molecule has 0 radical (unpaired) electrons. The molecule has 1 rings (SSSR count). The summed E-state index contributed by atoms with van der Waals surface area (Å²) in [6, 6.07) is 3.74. The molecule has 6 nitrogen and oxygen atoms in total. The Morgan fingerprint density at radius 3 is 2.94 bits per heavy atom. The maximum absolute atomic E-state index is 13.2. The number of nitro groups is 1. The third-order valence-electron chi connectivity index (χ3n) is 2.06. The van der Waals surface area contributed by atoms with Crippen molar-refractivity contribution in [3.8, 4) is 0 Å². The molecular weight excluding hydrogens is 231 g/mol. The number of aliphatic hydroxyl groups excluding tert-OH is 1. The number of para-hydroxylation sites is 1. The van der Waals surface area contributed by atoms with Gasteiger partial charge in [-0.05, 0) is 12.1 Å². The van der Waals surface area contributed by atoms with Crippen LogP contribution < -0.4 is 5.32 Å². The SMILES string of the molecule is COCC(O)CNc1cccc(F)c1[N+](=O)[O-]. The van der Waals surface area contributed by atoms with Crippen molar-refractivity contribution < 1.29 is 19.2 Å². The molecule has 0 saturated carbocycles. The molecule has 2 N–H and O–H groups in total. The van der Waals surface area contributed by atoms with Crippen LogP contribution in [0.25, 0.3) is 0 Å². The van der Waals surface area contributed by atoms with Crippen LogP contribution in [0.3, 0.4) is 0 Å². The van der Waals surface area contributed by atoms with Crippen LogP contribution in [0.15, 0.2) is 18.2 Å². The number of anilines is 1. The first kappa shape index (κ1) is 13.3. The Balaban J connectivity index is 2.77. The highest BCUT2D eigenvalue weighted by atomic mass is 19.1. The minimum Gasteiger partial charge on any atom is -0.389 e. The Kier molecular flexibility index (Phi) is 4.80. The standard InChI is InChI=1S/C10H13FN2O4/c1-17-6-7(14)5-12-9-4-2-3-8(11)10(9)13(15)16/h2-4,7,12,14H,5-6H2,1H3. The van der Waals surface area contributed by atoms with Gasteiger partial charge in [-0.2, -0.15) is 4.39 Å². The van der Waals surface area contributed by atoms with Gasteiger partial charge < -0.3 is 15.2 Å². The topological polar surface area (TPSA) is 84.6 Å². The highest BCUT2D eigenvalue weighted by Gasteiger charge is 2.19. The fraction of sp³-hybridized carbons (Fsp3) is 0.400. The third-order valence-corrected chi connectivity index (χ3v) is 2.06. The Hall–Kier alpha value is -1.73. The lowest BCUT2D eigenvalue weighted by atomic mass is 10.2. The van der Waals surface area contributed by atoms with E-state index in [9.17, 15) is 19.6 Å². The van der Waals surface area contributed by atoms with Crippen molar-refractivity contribution in [1.29, 1.82) is 0 Å². The number of ether oxygens (including phenoxy) is 1. The van der Waals surface area contributed by atoms with E-state index in [1.54, 1.807) is 0 Å². The van der Waals surface area contributed by atoms with Gasteiger partial charge in [-0.3, -0.25) is 10.1 Å². The zero-order chi connectivity index (χ0) is 12.8. The van der Waals surface area contributed by atoms with E-state index >= 15 is 0 Å². The van der Waals surface area contributed by atoms with Gasteiger partial charge in [-0.15, -0.1) is 0 Å². The second-order valence-corrected chi connectivity index (χ2v) is 3.38. The van der Waals surface area contributed by atoms with Crippen LogP contribution in [-0.2, 0) is 4.74 Å². The average molecular weight is 244 g/mol. The minimum atomic E-state index is -0.916. The molecule has 1 aromatic rings. The molecule has 0 saturated heterocycles. The normalized spacial score (nSPS) is 12.2. The quantitative estimate of drug-likeness (QED) is 0.579. The van der Waals surface area contributed by atoms with Gasteiger partial charge >= 0.3 is 5.69 Å². The van der Waals surface area contributed by atoms with Crippen molar-refractivity contribution >= 4 is 11.4 Å². The summed E-state index contributed by atoms with van der Waals surface area (Å²) in [6.07, 6.45) is -0.817. The van der Waals surface area contributed by atoms with Crippen molar-refractivity contribution in [2.24, 2.45) is 0 Å². The number of benzene rings is 1.